The van der Waals surface area contributed by atoms with E-state index in [1.165, 1.54) is 7.11 Å². The summed E-state index contributed by atoms with van der Waals surface area (Å²) >= 11 is -0.830. The highest BCUT2D eigenvalue weighted by molar-refractivity contribution is 7.95. The molecule has 142 valence electrons. The second-order valence-electron chi connectivity index (χ2n) is 4.87. The van der Waals surface area contributed by atoms with E-state index in [2.05, 4.69) is 14.0 Å². The zero-order chi connectivity index (χ0) is 18.5. The van der Waals surface area contributed by atoms with Gasteiger partial charge in [0.25, 0.3) is 5.50 Å². The van der Waals surface area contributed by atoms with Gasteiger partial charge in [-0.25, -0.2) is 22.1 Å². The van der Waals surface area contributed by atoms with E-state index in [0.29, 0.717) is 4.31 Å². The number of sulfonamides is 1. The van der Waals surface area contributed by atoms with Crippen LogP contribution in [0.25, 0.3) is 0 Å². The van der Waals surface area contributed by atoms with Gasteiger partial charge in [0.15, 0.2) is 0 Å². The van der Waals surface area contributed by atoms with Crippen molar-refractivity contribution in [2.75, 3.05) is 27.3 Å². The number of esters is 1. The van der Waals surface area contributed by atoms with Crippen molar-refractivity contribution in [3.63, 3.8) is 0 Å². The summed E-state index contributed by atoms with van der Waals surface area (Å²) in [4.78, 5) is 15.2. The minimum atomic E-state index is -4.98. The van der Waals surface area contributed by atoms with Crippen molar-refractivity contribution < 1.29 is 44.7 Å². The minimum absolute atomic E-state index is 0.0213. The van der Waals surface area contributed by atoms with Crippen LogP contribution in [0, 0.1) is 5.92 Å². The Bertz CT molecular complexity index is 527. The molecule has 0 aromatic rings. The summed E-state index contributed by atoms with van der Waals surface area (Å²) in [5, 5.41) is -4.48. The van der Waals surface area contributed by atoms with Gasteiger partial charge in [0.2, 0.25) is 16.2 Å². The highest BCUT2D eigenvalue weighted by Gasteiger charge is 2.54. The summed E-state index contributed by atoms with van der Waals surface area (Å²) in [7, 11) is -2.94. The van der Waals surface area contributed by atoms with Crippen molar-refractivity contribution in [3.05, 3.63) is 0 Å². The Balaban J connectivity index is 2.76. The van der Waals surface area contributed by atoms with Crippen molar-refractivity contribution in [2.24, 2.45) is 5.92 Å². The maximum atomic E-state index is 13.9. The van der Waals surface area contributed by atoms with Crippen LogP contribution in [-0.4, -0.2) is 62.9 Å². The molecule has 0 radical (unpaired) electrons. The molecule has 7 nitrogen and oxygen atoms in total. The van der Waals surface area contributed by atoms with Gasteiger partial charge in [0.05, 0.1) is 20.1 Å². The second kappa shape index (κ2) is 8.65. The van der Waals surface area contributed by atoms with Crippen LogP contribution in [0.15, 0.2) is 0 Å². The largest absolute Gasteiger partial charge is 0.469 e. The molecule has 13 heteroatoms. The number of nitrogens with zero attached hydrogens (tertiary/aromatic N) is 1. The molecule has 1 fully saturated rings. The van der Waals surface area contributed by atoms with E-state index in [1.54, 1.807) is 0 Å². The van der Waals surface area contributed by atoms with Gasteiger partial charge in [-0.2, -0.15) is 17.4 Å². The summed E-state index contributed by atoms with van der Waals surface area (Å²) in [5.41, 5.74) is -3.49. The fourth-order valence-electron chi connectivity index (χ4n) is 2.08. The molecule has 0 saturated carbocycles. The molecule has 0 bridgehead atoms. The molecule has 1 aliphatic heterocycles. The summed E-state index contributed by atoms with van der Waals surface area (Å²) in [6, 6.07) is 0. The second-order valence-corrected chi connectivity index (χ2v) is 7.72. The van der Waals surface area contributed by atoms with Crippen molar-refractivity contribution in [1.82, 2.24) is 4.31 Å². The highest BCUT2D eigenvalue weighted by atomic mass is 32.2. The van der Waals surface area contributed by atoms with Gasteiger partial charge >= 0.3 is 11.2 Å². The molecule has 1 aliphatic rings. The van der Waals surface area contributed by atoms with Crippen LogP contribution in [-0.2, 0) is 28.8 Å². The van der Waals surface area contributed by atoms with Gasteiger partial charge in [-0.05, 0) is 12.8 Å². The lowest BCUT2D eigenvalue weighted by molar-refractivity contribution is -0.169. The average molecular weight is 399 g/mol. The molecule has 1 heterocycles. The quantitative estimate of drug-likeness (QED) is 0.202. The molecule has 1 saturated heterocycles. The fraction of sp³-hybridized carbons (Fsp3) is 0.909. The zero-order valence-corrected chi connectivity index (χ0v) is 14.4. The summed E-state index contributed by atoms with van der Waals surface area (Å²) < 4.78 is 87.1. The van der Waals surface area contributed by atoms with E-state index in [1.807, 2.05) is 0 Å². The summed E-state index contributed by atoms with van der Waals surface area (Å²) in [6.07, 6.45) is -3.62. The monoisotopic (exact) mass is 399 g/mol. The van der Waals surface area contributed by atoms with Gasteiger partial charge in [0.1, 0.15) is 12.0 Å². The third-order valence-corrected chi connectivity index (χ3v) is 5.94. The van der Waals surface area contributed by atoms with Crippen LogP contribution < -0.4 is 0 Å². The van der Waals surface area contributed by atoms with Gasteiger partial charge in [0, 0.05) is 13.1 Å². The molecule has 2 atom stereocenters. The van der Waals surface area contributed by atoms with Gasteiger partial charge < -0.3 is 4.74 Å². The first kappa shape index (κ1) is 21.4. The van der Waals surface area contributed by atoms with E-state index in [0.717, 1.165) is 7.11 Å². The van der Waals surface area contributed by atoms with E-state index in [9.17, 15) is 30.8 Å². The number of carbonyl (C=O) groups is 1. The third-order valence-electron chi connectivity index (χ3n) is 3.40. The number of rotatable bonds is 8. The number of hydrogen-bond donors (Lipinski definition) is 0. The van der Waals surface area contributed by atoms with Crippen molar-refractivity contribution in [1.29, 1.82) is 0 Å². The van der Waals surface area contributed by atoms with Crippen LogP contribution in [0.4, 0.5) is 17.6 Å². The fourth-order valence-corrected chi connectivity index (χ4v) is 4.02. The number of hydrogen-bond acceptors (Lipinski definition) is 7. The SMILES string of the molecule is COOSC(F)(F)C(F)C(F)S(=O)(=O)N1CCC(C(=O)OC)CC1. The Morgan fingerprint density at radius 2 is 1.79 bits per heavy atom. The van der Waals surface area contributed by atoms with Crippen molar-refractivity contribution in [3.8, 4) is 0 Å². The first-order chi connectivity index (χ1) is 11.1. The van der Waals surface area contributed by atoms with Crippen LogP contribution >= 0.6 is 12.0 Å². The Hall–Kier alpha value is -0.630. The van der Waals surface area contributed by atoms with E-state index >= 15 is 0 Å². The average Bonchev–Trinajstić information content (AvgIpc) is 2.57. The van der Waals surface area contributed by atoms with Crippen LogP contribution in [0.3, 0.4) is 0 Å². The third kappa shape index (κ3) is 4.94. The Morgan fingerprint density at radius 1 is 1.25 bits per heavy atom. The zero-order valence-electron chi connectivity index (χ0n) is 12.8. The number of halogens is 4. The highest BCUT2D eigenvalue weighted by Crippen LogP contribution is 2.39. The lowest BCUT2D eigenvalue weighted by Crippen LogP contribution is -2.49. The predicted molar refractivity (Wildman–Crippen MR) is 75.7 cm³/mol. The maximum absolute atomic E-state index is 13.9. The molecule has 1 rings (SSSR count). The van der Waals surface area contributed by atoms with Gasteiger partial charge in [-0.3, -0.25) is 4.79 Å². The standard InChI is InChI=1S/C11H17F4NO6S2/c1-20-10(17)7-3-5-16(6-4-7)24(18,19)9(13)8(12)11(14,15)23-22-21-2/h7-9H,3-6H2,1-2H3. The maximum Gasteiger partial charge on any atom is 0.355 e. The van der Waals surface area contributed by atoms with Crippen molar-refractivity contribution in [2.45, 2.75) is 29.8 Å². The molecule has 24 heavy (non-hydrogen) atoms. The molecule has 2 unspecified atom stereocenters. The number of alkyl halides is 4. The lowest BCUT2D eigenvalue weighted by atomic mass is 9.99. The Labute approximate surface area is 140 Å². The molecule has 0 aromatic heterocycles. The molecule has 0 spiro atoms. The van der Waals surface area contributed by atoms with Crippen LogP contribution in [0.5, 0.6) is 0 Å². The Morgan fingerprint density at radius 3 is 2.25 bits per heavy atom. The van der Waals surface area contributed by atoms with Gasteiger partial charge in [-0.15, -0.1) is 0 Å². The van der Waals surface area contributed by atoms with E-state index < -0.39 is 50.9 Å². The van der Waals surface area contributed by atoms with Gasteiger partial charge in [-0.1, -0.05) is 0 Å². The molecule has 0 aromatic carbocycles. The Kier molecular flexibility index (Phi) is 7.72. The van der Waals surface area contributed by atoms with Crippen LogP contribution in [0.1, 0.15) is 12.8 Å². The number of piperidine rings is 1. The molecular formula is C11H17F4NO6S2. The molecular weight excluding hydrogens is 382 g/mol. The number of methoxy groups -OCH3 is 1. The normalized spacial score (nSPS) is 20.6. The predicted octanol–water partition coefficient (Wildman–Crippen LogP) is 1.65. The molecule has 0 N–H and O–H groups in total. The lowest BCUT2D eigenvalue weighted by Gasteiger charge is -2.32. The first-order valence-electron chi connectivity index (χ1n) is 6.69. The minimum Gasteiger partial charge on any atom is -0.469 e. The molecule has 0 amide bonds. The number of carbonyl (C=O) groups excluding carboxylic acids is 1. The summed E-state index contributed by atoms with van der Waals surface area (Å²) in [5.74, 6) is -1.13. The van der Waals surface area contributed by atoms with E-state index in [4.69, 9.17) is 0 Å². The van der Waals surface area contributed by atoms with E-state index in [-0.39, 0.29) is 25.9 Å². The molecule has 0 aliphatic carbocycles. The topological polar surface area (TPSA) is 82.1 Å². The smallest absolute Gasteiger partial charge is 0.355 e. The van der Waals surface area contributed by atoms with Crippen LogP contribution in [0.2, 0.25) is 0 Å². The van der Waals surface area contributed by atoms with Crippen molar-refractivity contribution >= 4 is 28.0 Å². The number of ether oxygens (including phenoxy) is 1. The first-order valence-corrected chi connectivity index (χ1v) is 8.93. The summed E-state index contributed by atoms with van der Waals surface area (Å²) in [6.45, 7) is -0.606.